The average Bonchev–Trinajstić information content (AvgIpc) is 2.27. The highest BCUT2D eigenvalue weighted by Gasteiger charge is 2.29. The Balaban J connectivity index is 2.10. The van der Waals surface area contributed by atoms with Gasteiger partial charge in [-0.05, 0) is 52.1 Å². The molecule has 1 heterocycles. The molecule has 1 aromatic heterocycles. The van der Waals surface area contributed by atoms with Gasteiger partial charge in [0.15, 0.2) is 5.16 Å². The van der Waals surface area contributed by atoms with Gasteiger partial charge in [-0.25, -0.2) is 9.97 Å². The van der Waals surface area contributed by atoms with Crippen LogP contribution in [0.5, 0.6) is 0 Å². The number of rotatable bonds is 3. The van der Waals surface area contributed by atoms with Crippen LogP contribution < -0.4 is 5.32 Å². The summed E-state index contributed by atoms with van der Waals surface area (Å²) in [5.74, 6) is 0.818. The fraction of sp³-hybridized carbons (Fsp3) is 0.714. The summed E-state index contributed by atoms with van der Waals surface area (Å²) in [6.07, 6.45) is 3.85. The van der Waals surface area contributed by atoms with Crippen LogP contribution in [0.4, 0.5) is 0 Å². The normalized spacial score (nSPS) is 28.3. The fourth-order valence-electron chi connectivity index (χ4n) is 2.67. The maximum atomic E-state index is 4.55. The molecule has 1 saturated carbocycles. The first kappa shape index (κ1) is 13.8. The van der Waals surface area contributed by atoms with Crippen LogP contribution in [0.15, 0.2) is 11.2 Å². The van der Waals surface area contributed by atoms with Crippen molar-refractivity contribution >= 4 is 11.8 Å². The largest absolute Gasteiger partial charge is 0.316 e. The number of aromatic nitrogens is 2. The molecular weight excluding hydrogens is 242 g/mol. The molecular formula is C14H23N3S. The Hall–Kier alpha value is -0.610. The van der Waals surface area contributed by atoms with Crippen LogP contribution in [0.25, 0.3) is 0 Å². The molecule has 4 heteroatoms. The molecule has 1 fully saturated rings. The quantitative estimate of drug-likeness (QED) is 0.853. The van der Waals surface area contributed by atoms with E-state index < -0.39 is 0 Å². The monoisotopic (exact) mass is 265 g/mol. The summed E-state index contributed by atoms with van der Waals surface area (Å²) in [5, 5.41) is 4.98. The molecule has 0 amide bonds. The Bertz CT molecular complexity index is 388. The van der Waals surface area contributed by atoms with E-state index >= 15 is 0 Å². The number of hydrogen-bond acceptors (Lipinski definition) is 4. The molecule has 3 atom stereocenters. The zero-order valence-corrected chi connectivity index (χ0v) is 12.5. The summed E-state index contributed by atoms with van der Waals surface area (Å²) in [6.45, 7) is 6.43. The van der Waals surface area contributed by atoms with E-state index in [0.717, 1.165) is 22.5 Å². The van der Waals surface area contributed by atoms with E-state index in [9.17, 15) is 0 Å². The Morgan fingerprint density at radius 3 is 2.50 bits per heavy atom. The van der Waals surface area contributed by atoms with Gasteiger partial charge in [0.25, 0.3) is 0 Å². The van der Waals surface area contributed by atoms with Crippen molar-refractivity contribution < 1.29 is 0 Å². The van der Waals surface area contributed by atoms with E-state index in [1.165, 1.54) is 19.3 Å². The lowest BCUT2D eigenvalue weighted by Crippen LogP contribution is -2.40. The van der Waals surface area contributed by atoms with E-state index in [0.29, 0.717) is 11.3 Å². The van der Waals surface area contributed by atoms with Crippen LogP contribution in [0, 0.1) is 19.8 Å². The number of hydrogen-bond donors (Lipinski definition) is 1. The summed E-state index contributed by atoms with van der Waals surface area (Å²) in [5.41, 5.74) is 2.13. The molecule has 1 N–H and O–H groups in total. The van der Waals surface area contributed by atoms with Crippen LogP contribution in [0.2, 0.25) is 0 Å². The molecule has 3 unspecified atom stereocenters. The highest BCUT2D eigenvalue weighted by Crippen LogP contribution is 2.35. The van der Waals surface area contributed by atoms with Gasteiger partial charge < -0.3 is 5.32 Å². The Kier molecular flexibility index (Phi) is 4.62. The highest BCUT2D eigenvalue weighted by molar-refractivity contribution is 7.99. The van der Waals surface area contributed by atoms with Gasteiger partial charge in [-0.15, -0.1) is 0 Å². The van der Waals surface area contributed by atoms with Gasteiger partial charge in [0, 0.05) is 22.7 Å². The van der Waals surface area contributed by atoms with Gasteiger partial charge in [0.05, 0.1) is 0 Å². The number of thioether (sulfide) groups is 1. The van der Waals surface area contributed by atoms with Gasteiger partial charge in [0.2, 0.25) is 0 Å². The second kappa shape index (κ2) is 6.02. The highest BCUT2D eigenvalue weighted by atomic mass is 32.2. The molecule has 0 spiro atoms. The third kappa shape index (κ3) is 3.45. The molecule has 3 nitrogen and oxygen atoms in total. The molecule has 1 aliphatic rings. The average molecular weight is 265 g/mol. The van der Waals surface area contributed by atoms with Gasteiger partial charge in [-0.2, -0.15) is 0 Å². The lowest BCUT2D eigenvalue weighted by Gasteiger charge is -2.33. The Morgan fingerprint density at radius 1 is 1.22 bits per heavy atom. The number of nitrogens with zero attached hydrogens (tertiary/aromatic N) is 2. The van der Waals surface area contributed by atoms with Crippen molar-refractivity contribution in [3.05, 3.63) is 17.5 Å². The number of nitrogens with one attached hydrogen (secondary N) is 1. The third-order valence-electron chi connectivity index (χ3n) is 3.64. The van der Waals surface area contributed by atoms with Crippen molar-refractivity contribution in [2.75, 3.05) is 7.05 Å². The summed E-state index contributed by atoms with van der Waals surface area (Å²) in [6, 6.07) is 2.62. The van der Waals surface area contributed by atoms with E-state index in [2.05, 4.69) is 29.3 Å². The van der Waals surface area contributed by atoms with Crippen LogP contribution in [-0.2, 0) is 0 Å². The Labute approximate surface area is 114 Å². The first-order valence-corrected chi connectivity index (χ1v) is 7.62. The zero-order chi connectivity index (χ0) is 13.1. The van der Waals surface area contributed by atoms with Crippen molar-refractivity contribution in [1.82, 2.24) is 15.3 Å². The minimum absolute atomic E-state index is 0.593. The van der Waals surface area contributed by atoms with Crippen LogP contribution in [0.1, 0.15) is 37.6 Å². The molecule has 0 aromatic carbocycles. The molecule has 2 rings (SSSR count). The fourth-order valence-corrected chi connectivity index (χ4v) is 4.20. The van der Waals surface area contributed by atoms with Crippen LogP contribution in [0.3, 0.4) is 0 Å². The maximum Gasteiger partial charge on any atom is 0.188 e. The lowest BCUT2D eigenvalue weighted by molar-refractivity contribution is 0.328. The van der Waals surface area contributed by atoms with Crippen molar-refractivity contribution in [2.45, 2.75) is 56.5 Å². The van der Waals surface area contributed by atoms with Crippen molar-refractivity contribution in [2.24, 2.45) is 5.92 Å². The Morgan fingerprint density at radius 2 is 1.89 bits per heavy atom. The first-order valence-electron chi connectivity index (χ1n) is 6.74. The van der Waals surface area contributed by atoms with Crippen LogP contribution in [-0.4, -0.2) is 28.3 Å². The van der Waals surface area contributed by atoms with Crippen LogP contribution >= 0.6 is 11.8 Å². The minimum Gasteiger partial charge on any atom is -0.316 e. The van der Waals surface area contributed by atoms with Gasteiger partial charge in [-0.1, -0.05) is 18.7 Å². The maximum absolute atomic E-state index is 4.55. The topological polar surface area (TPSA) is 37.8 Å². The van der Waals surface area contributed by atoms with E-state index in [1.54, 1.807) is 0 Å². The van der Waals surface area contributed by atoms with Gasteiger partial charge in [-0.3, -0.25) is 0 Å². The second-order valence-electron chi connectivity index (χ2n) is 5.40. The second-order valence-corrected chi connectivity index (χ2v) is 6.61. The molecule has 0 radical (unpaired) electrons. The van der Waals surface area contributed by atoms with Crippen molar-refractivity contribution in [3.63, 3.8) is 0 Å². The molecule has 1 aliphatic carbocycles. The molecule has 0 saturated heterocycles. The summed E-state index contributed by atoms with van der Waals surface area (Å²) < 4.78 is 0. The predicted octanol–water partition coefficient (Wildman–Crippen LogP) is 2.96. The first-order chi connectivity index (χ1) is 8.58. The predicted molar refractivity (Wildman–Crippen MR) is 77.0 cm³/mol. The number of aryl methyl sites for hydroxylation is 2. The molecule has 0 bridgehead atoms. The molecule has 0 aliphatic heterocycles. The molecule has 18 heavy (non-hydrogen) atoms. The van der Waals surface area contributed by atoms with Crippen molar-refractivity contribution in [3.8, 4) is 0 Å². The SMILES string of the molecule is CNC1CCC(C)CC1Sc1nc(C)cc(C)n1. The zero-order valence-electron chi connectivity index (χ0n) is 11.7. The summed E-state index contributed by atoms with van der Waals surface area (Å²) >= 11 is 1.84. The van der Waals surface area contributed by atoms with Gasteiger partial charge >= 0.3 is 0 Å². The summed E-state index contributed by atoms with van der Waals surface area (Å²) in [7, 11) is 2.07. The van der Waals surface area contributed by atoms with E-state index in [-0.39, 0.29) is 0 Å². The lowest BCUT2D eigenvalue weighted by atomic mass is 9.87. The van der Waals surface area contributed by atoms with E-state index in [4.69, 9.17) is 0 Å². The van der Waals surface area contributed by atoms with Gasteiger partial charge in [0.1, 0.15) is 0 Å². The standard InChI is InChI=1S/C14H23N3S/c1-9-5-6-12(15-4)13(7-9)18-14-16-10(2)8-11(3)17-14/h8-9,12-13,15H,5-7H2,1-4H3. The summed E-state index contributed by atoms with van der Waals surface area (Å²) in [4.78, 5) is 9.09. The molecule has 1 aromatic rings. The smallest absolute Gasteiger partial charge is 0.188 e. The van der Waals surface area contributed by atoms with Crippen molar-refractivity contribution in [1.29, 1.82) is 0 Å². The van der Waals surface area contributed by atoms with E-state index in [1.807, 2.05) is 31.7 Å². The molecule has 100 valence electrons. The third-order valence-corrected chi connectivity index (χ3v) is 4.86. The minimum atomic E-state index is 0.593.